The molecule has 8 heteroatoms. The van der Waals surface area contributed by atoms with Crippen LogP contribution in [-0.4, -0.2) is 57.6 Å². The summed E-state index contributed by atoms with van der Waals surface area (Å²) < 4.78 is 6.48. The molecule has 3 aliphatic rings. The van der Waals surface area contributed by atoms with Crippen LogP contribution in [0, 0.1) is 11.8 Å². The van der Waals surface area contributed by atoms with Crippen molar-refractivity contribution in [2.75, 3.05) is 6.61 Å². The first-order valence-corrected chi connectivity index (χ1v) is 13.0. The molecule has 3 N–H and O–H groups in total. The molecule has 6 atom stereocenters. The molecule has 3 aliphatic heterocycles. The van der Waals surface area contributed by atoms with Crippen LogP contribution in [0.5, 0.6) is 0 Å². The van der Waals surface area contributed by atoms with Crippen LogP contribution in [0.4, 0.5) is 0 Å². The van der Waals surface area contributed by atoms with Crippen LogP contribution < -0.4 is 10.6 Å². The Hall–Kier alpha value is -3.23. The molecule has 0 aromatic heterocycles. The minimum atomic E-state index is -1.12. The van der Waals surface area contributed by atoms with Gasteiger partial charge in [0.1, 0.15) is 11.6 Å². The van der Waals surface area contributed by atoms with Gasteiger partial charge >= 0.3 is 0 Å². The van der Waals surface area contributed by atoms with Gasteiger partial charge in [-0.05, 0) is 44.7 Å². The molecular weight excluding hydrogens is 470 g/mol. The summed E-state index contributed by atoms with van der Waals surface area (Å²) in [5.74, 6) is -2.39. The zero-order valence-corrected chi connectivity index (χ0v) is 21.5. The number of carbonyl (C=O) groups is 3. The lowest BCUT2D eigenvalue weighted by Gasteiger charge is -2.38. The monoisotopic (exact) mass is 505 g/mol. The van der Waals surface area contributed by atoms with E-state index in [1.54, 1.807) is 0 Å². The summed E-state index contributed by atoms with van der Waals surface area (Å²) in [6.45, 7) is 5.64. The van der Waals surface area contributed by atoms with E-state index in [0.29, 0.717) is 19.4 Å². The number of amides is 3. The third kappa shape index (κ3) is 4.42. The van der Waals surface area contributed by atoms with Gasteiger partial charge in [-0.1, -0.05) is 60.7 Å². The molecule has 0 radical (unpaired) electrons. The van der Waals surface area contributed by atoms with Gasteiger partial charge in [0.25, 0.3) is 0 Å². The molecule has 8 nitrogen and oxygen atoms in total. The number of hydrogen-bond donors (Lipinski definition) is 3. The lowest BCUT2D eigenvalue weighted by molar-refractivity contribution is -0.146. The van der Waals surface area contributed by atoms with Crippen LogP contribution in [0.2, 0.25) is 0 Å². The zero-order chi connectivity index (χ0) is 26.4. The van der Waals surface area contributed by atoms with Crippen molar-refractivity contribution in [2.45, 2.75) is 69.5 Å². The standard InChI is InChI=1S/C29H35N3O5/c1-28(2,3)31-26(35)24-29-15-14-21(37-29)22(25(34)30-16-18-10-6-4-7-11-18)23(29)27(36)32(24)20(17-33)19-12-8-5-9-13-19/h4-13,20-24,33H,14-17H2,1-3H3,(H,30,34)(H,31,35)/t20-,21+,22-,23+,24?,29?/m1/s1. The fourth-order valence-corrected chi connectivity index (χ4v) is 6.40. The van der Waals surface area contributed by atoms with Crippen molar-refractivity contribution in [3.05, 3.63) is 71.8 Å². The fraction of sp³-hybridized carbons (Fsp3) is 0.483. The first-order valence-electron chi connectivity index (χ1n) is 13.0. The Balaban J connectivity index is 1.51. The highest BCUT2D eigenvalue weighted by atomic mass is 16.5. The Morgan fingerprint density at radius 2 is 1.73 bits per heavy atom. The average Bonchev–Trinajstić information content (AvgIpc) is 3.51. The van der Waals surface area contributed by atoms with Crippen molar-refractivity contribution >= 4 is 17.7 Å². The first kappa shape index (κ1) is 25.4. The van der Waals surface area contributed by atoms with E-state index >= 15 is 0 Å². The van der Waals surface area contributed by atoms with E-state index in [1.165, 1.54) is 4.90 Å². The number of likely N-dealkylation sites (tertiary alicyclic amines) is 1. The SMILES string of the molecule is CC(C)(C)NC(=O)C1N([C@H](CO)c2ccccc2)C(=O)[C@@H]2[C@H](C(=O)NCc3ccccc3)[C@@H]3CCC12O3. The molecule has 0 saturated carbocycles. The molecule has 3 amide bonds. The van der Waals surface area contributed by atoms with Gasteiger partial charge in [0.05, 0.1) is 30.6 Å². The summed E-state index contributed by atoms with van der Waals surface area (Å²) in [6.07, 6.45) is 0.665. The Kier molecular flexibility index (Phi) is 6.58. The summed E-state index contributed by atoms with van der Waals surface area (Å²) in [5, 5.41) is 16.5. The molecular formula is C29H35N3O5. The normalized spacial score (nSPS) is 29.2. The van der Waals surface area contributed by atoms with E-state index in [9.17, 15) is 19.5 Å². The molecule has 0 aliphatic carbocycles. The van der Waals surface area contributed by atoms with E-state index < -0.39 is 41.2 Å². The predicted octanol–water partition coefficient (Wildman–Crippen LogP) is 2.33. The van der Waals surface area contributed by atoms with E-state index in [-0.39, 0.29) is 24.3 Å². The minimum Gasteiger partial charge on any atom is -0.394 e. The molecule has 3 heterocycles. The van der Waals surface area contributed by atoms with Gasteiger partial charge in [-0.3, -0.25) is 14.4 Å². The maximum atomic E-state index is 14.2. The number of nitrogens with zero attached hydrogens (tertiary/aromatic N) is 1. The van der Waals surface area contributed by atoms with Crippen LogP contribution in [-0.2, 0) is 25.7 Å². The number of hydrogen-bond acceptors (Lipinski definition) is 5. The van der Waals surface area contributed by atoms with E-state index in [0.717, 1.165) is 11.1 Å². The van der Waals surface area contributed by atoms with E-state index in [4.69, 9.17) is 4.74 Å². The van der Waals surface area contributed by atoms with Crippen molar-refractivity contribution in [1.29, 1.82) is 0 Å². The van der Waals surface area contributed by atoms with Gasteiger partial charge in [0.15, 0.2) is 0 Å². The van der Waals surface area contributed by atoms with Crippen LogP contribution >= 0.6 is 0 Å². The number of aliphatic hydroxyl groups is 1. The van der Waals surface area contributed by atoms with Crippen molar-refractivity contribution < 1.29 is 24.2 Å². The Labute approximate surface area is 217 Å². The van der Waals surface area contributed by atoms with Gasteiger partial charge in [-0.2, -0.15) is 0 Å². The number of rotatable bonds is 7. The summed E-state index contributed by atoms with van der Waals surface area (Å²) in [7, 11) is 0. The molecule has 3 fully saturated rings. The summed E-state index contributed by atoms with van der Waals surface area (Å²) in [5.41, 5.74) is 0.0304. The van der Waals surface area contributed by atoms with Gasteiger partial charge in [-0.15, -0.1) is 0 Å². The molecule has 2 bridgehead atoms. The first-order chi connectivity index (χ1) is 17.7. The zero-order valence-electron chi connectivity index (χ0n) is 21.5. The lowest BCUT2D eigenvalue weighted by atomic mass is 9.70. The molecule has 3 saturated heterocycles. The lowest BCUT2D eigenvalue weighted by Crippen LogP contribution is -2.59. The number of benzene rings is 2. The van der Waals surface area contributed by atoms with E-state index in [1.807, 2.05) is 81.4 Å². The maximum absolute atomic E-state index is 14.2. The van der Waals surface area contributed by atoms with Gasteiger partial charge in [0.2, 0.25) is 17.7 Å². The second-order valence-corrected chi connectivity index (χ2v) is 11.4. The topological polar surface area (TPSA) is 108 Å². The third-order valence-electron chi connectivity index (χ3n) is 7.79. The third-order valence-corrected chi connectivity index (χ3v) is 7.79. The second kappa shape index (κ2) is 9.58. The van der Waals surface area contributed by atoms with Crippen LogP contribution in [0.1, 0.15) is 50.8 Å². The fourth-order valence-electron chi connectivity index (χ4n) is 6.40. The second-order valence-electron chi connectivity index (χ2n) is 11.4. The number of ether oxygens (including phenoxy) is 1. The molecule has 2 unspecified atom stereocenters. The quantitative estimate of drug-likeness (QED) is 0.535. The largest absolute Gasteiger partial charge is 0.394 e. The highest BCUT2D eigenvalue weighted by molar-refractivity contribution is 5.99. The summed E-state index contributed by atoms with van der Waals surface area (Å²) in [6, 6.07) is 17.1. The van der Waals surface area contributed by atoms with Crippen molar-refractivity contribution in [2.24, 2.45) is 11.8 Å². The highest BCUT2D eigenvalue weighted by Crippen LogP contribution is 2.59. The van der Waals surface area contributed by atoms with Crippen molar-refractivity contribution in [1.82, 2.24) is 15.5 Å². The Morgan fingerprint density at radius 1 is 1.08 bits per heavy atom. The van der Waals surface area contributed by atoms with Gasteiger partial charge in [-0.25, -0.2) is 0 Å². The van der Waals surface area contributed by atoms with Crippen molar-refractivity contribution in [3.63, 3.8) is 0 Å². The summed E-state index contributed by atoms with van der Waals surface area (Å²) >= 11 is 0. The molecule has 2 aromatic carbocycles. The predicted molar refractivity (Wildman–Crippen MR) is 137 cm³/mol. The van der Waals surface area contributed by atoms with E-state index in [2.05, 4.69) is 10.6 Å². The van der Waals surface area contributed by atoms with Crippen LogP contribution in [0.3, 0.4) is 0 Å². The Morgan fingerprint density at radius 3 is 2.35 bits per heavy atom. The van der Waals surface area contributed by atoms with Gasteiger partial charge < -0.3 is 25.4 Å². The molecule has 2 aromatic rings. The molecule has 37 heavy (non-hydrogen) atoms. The molecule has 5 rings (SSSR count). The smallest absolute Gasteiger partial charge is 0.246 e. The molecule has 196 valence electrons. The number of aliphatic hydroxyl groups excluding tert-OH is 1. The van der Waals surface area contributed by atoms with Crippen molar-refractivity contribution in [3.8, 4) is 0 Å². The molecule has 1 spiro atoms. The van der Waals surface area contributed by atoms with Crippen LogP contribution in [0.15, 0.2) is 60.7 Å². The van der Waals surface area contributed by atoms with Gasteiger partial charge in [0, 0.05) is 12.1 Å². The number of nitrogens with one attached hydrogen (secondary N) is 2. The van der Waals surface area contributed by atoms with Crippen LogP contribution in [0.25, 0.3) is 0 Å². The number of carbonyl (C=O) groups excluding carboxylic acids is 3. The highest BCUT2D eigenvalue weighted by Gasteiger charge is 2.75. The Bertz CT molecular complexity index is 1170. The number of fused-ring (bicyclic) bond motifs is 1. The minimum absolute atomic E-state index is 0.245. The maximum Gasteiger partial charge on any atom is 0.246 e. The summed E-state index contributed by atoms with van der Waals surface area (Å²) in [4.78, 5) is 43.0. The average molecular weight is 506 g/mol.